The first-order chi connectivity index (χ1) is 11.9. The molecule has 0 unspecified atom stereocenters. The second-order valence-electron chi connectivity index (χ2n) is 6.53. The van der Waals surface area contributed by atoms with Crippen LogP contribution < -0.4 is 5.32 Å². The molecule has 0 bridgehead atoms. The van der Waals surface area contributed by atoms with E-state index in [1.54, 1.807) is 6.08 Å². The molecule has 25 heavy (non-hydrogen) atoms. The van der Waals surface area contributed by atoms with E-state index in [-0.39, 0.29) is 30.1 Å². The molecule has 1 N–H and O–H groups in total. The van der Waals surface area contributed by atoms with Crippen molar-refractivity contribution in [2.45, 2.75) is 33.6 Å². The minimum absolute atomic E-state index is 0.0455. The summed E-state index contributed by atoms with van der Waals surface area (Å²) >= 11 is 0.940. The van der Waals surface area contributed by atoms with E-state index in [9.17, 15) is 14.4 Å². The standard InChI is InChI=1S/C19H24N2O3S/c1-13(2)4-9-17(22)20-10-11-21-18(23)16(25-19(21)24)12-15-7-5-14(3)6-8-15/h5-8,12-13H,4,9-11H2,1-3H3,(H,20,22)/b16-12-. The Balaban J connectivity index is 1.88. The predicted octanol–water partition coefficient (Wildman–Crippen LogP) is 3.58. The van der Waals surface area contributed by atoms with Gasteiger partial charge in [0.15, 0.2) is 0 Å². The van der Waals surface area contributed by atoms with Gasteiger partial charge in [-0.15, -0.1) is 0 Å². The van der Waals surface area contributed by atoms with Gasteiger partial charge in [-0.1, -0.05) is 43.7 Å². The number of benzene rings is 1. The molecular formula is C19H24N2O3S. The molecular weight excluding hydrogens is 336 g/mol. The van der Waals surface area contributed by atoms with Crippen molar-refractivity contribution in [1.29, 1.82) is 0 Å². The van der Waals surface area contributed by atoms with Crippen LogP contribution >= 0.6 is 11.8 Å². The fraction of sp³-hybridized carbons (Fsp3) is 0.421. The summed E-state index contributed by atoms with van der Waals surface area (Å²) in [6.07, 6.45) is 3.02. The van der Waals surface area contributed by atoms with Crippen molar-refractivity contribution in [2.24, 2.45) is 5.92 Å². The van der Waals surface area contributed by atoms with Crippen LogP contribution in [0.3, 0.4) is 0 Å². The lowest BCUT2D eigenvalue weighted by Gasteiger charge is -2.13. The zero-order chi connectivity index (χ0) is 18.4. The Labute approximate surface area is 152 Å². The van der Waals surface area contributed by atoms with Gasteiger partial charge in [0, 0.05) is 19.5 Å². The number of rotatable bonds is 7. The molecule has 134 valence electrons. The summed E-state index contributed by atoms with van der Waals surface area (Å²) in [6, 6.07) is 7.75. The van der Waals surface area contributed by atoms with Gasteiger partial charge in [-0.2, -0.15) is 0 Å². The van der Waals surface area contributed by atoms with Crippen LogP contribution in [0, 0.1) is 12.8 Å². The second-order valence-corrected chi connectivity index (χ2v) is 7.52. The summed E-state index contributed by atoms with van der Waals surface area (Å²) in [5.74, 6) is 0.126. The second kappa shape index (κ2) is 8.85. The molecule has 0 spiro atoms. The van der Waals surface area contributed by atoms with Crippen molar-refractivity contribution in [1.82, 2.24) is 10.2 Å². The van der Waals surface area contributed by atoms with Gasteiger partial charge in [0.25, 0.3) is 11.1 Å². The molecule has 0 aliphatic carbocycles. The Bertz CT molecular complexity index is 680. The minimum Gasteiger partial charge on any atom is -0.354 e. The van der Waals surface area contributed by atoms with Crippen LogP contribution in [0.2, 0.25) is 0 Å². The normalized spacial score (nSPS) is 16.2. The molecule has 1 saturated heterocycles. The number of hydrogen-bond acceptors (Lipinski definition) is 4. The van der Waals surface area contributed by atoms with Gasteiger partial charge in [-0.3, -0.25) is 19.3 Å². The average Bonchev–Trinajstić information content (AvgIpc) is 2.82. The van der Waals surface area contributed by atoms with Crippen LogP contribution in [0.4, 0.5) is 4.79 Å². The van der Waals surface area contributed by atoms with Gasteiger partial charge >= 0.3 is 0 Å². The number of carbonyl (C=O) groups is 3. The van der Waals surface area contributed by atoms with Crippen LogP contribution in [0.25, 0.3) is 6.08 Å². The maximum Gasteiger partial charge on any atom is 0.293 e. The quantitative estimate of drug-likeness (QED) is 0.755. The molecule has 2 rings (SSSR count). The molecule has 0 saturated carbocycles. The van der Waals surface area contributed by atoms with E-state index in [2.05, 4.69) is 19.2 Å². The molecule has 0 aromatic heterocycles. The zero-order valence-corrected chi connectivity index (χ0v) is 15.7. The third-order valence-corrected chi connectivity index (χ3v) is 4.76. The molecule has 1 fully saturated rings. The Kier molecular flexibility index (Phi) is 6.82. The fourth-order valence-corrected chi connectivity index (χ4v) is 3.19. The third-order valence-electron chi connectivity index (χ3n) is 3.86. The number of amides is 3. The topological polar surface area (TPSA) is 66.5 Å². The van der Waals surface area contributed by atoms with Gasteiger partial charge in [-0.05, 0) is 42.7 Å². The molecule has 1 aromatic carbocycles. The zero-order valence-electron chi connectivity index (χ0n) is 14.9. The van der Waals surface area contributed by atoms with E-state index in [4.69, 9.17) is 0 Å². The lowest BCUT2D eigenvalue weighted by Crippen LogP contribution is -2.37. The van der Waals surface area contributed by atoms with E-state index in [1.807, 2.05) is 31.2 Å². The predicted molar refractivity (Wildman–Crippen MR) is 101 cm³/mol. The highest BCUT2D eigenvalue weighted by molar-refractivity contribution is 8.18. The fourth-order valence-electron chi connectivity index (χ4n) is 2.32. The van der Waals surface area contributed by atoms with Crippen molar-refractivity contribution in [3.05, 3.63) is 40.3 Å². The number of nitrogens with one attached hydrogen (secondary N) is 1. The van der Waals surface area contributed by atoms with E-state index in [0.29, 0.717) is 17.2 Å². The number of aryl methyl sites for hydroxylation is 1. The van der Waals surface area contributed by atoms with Crippen LogP contribution in [-0.4, -0.2) is 35.0 Å². The number of thioether (sulfide) groups is 1. The Hall–Kier alpha value is -2.08. The minimum atomic E-state index is -0.299. The van der Waals surface area contributed by atoms with Crippen molar-refractivity contribution in [3.63, 3.8) is 0 Å². The van der Waals surface area contributed by atoms with Gasteiger partial charge in [0.1, 0.15) is 0 Å². The molecule has 0 atom stereocenters. The van der Waals surface area contributed by atoms with Gasteiger partial charge in [0.2, 0.25) is 5.91 Å². The average molecular weight is 360 g/mol. The highest BCUT2D eigenvalue weighted by Crippen LogP contribution is 2.31. The SMILES string of the molecule is Cc1ccc(/C=C2\SC(=O)N(CCNC(=O)CCC(C)C)C2=O)cc1. The van der Waals surface area contributed by atoms with Gasteiger partial charge in [-0.25, -0.2) is 0 Å². The first-order valence-electron chi connectivity index (χ1n) is 8.45. The first kappa shape index (κ1) is 19.2. The molecule has 1 aromatic rings. The number of carbonyl (C=O) groups excluding carboxylic acids is 3. The van der Waals surface area contributed by atoms with Crippen molar-refractivity contribution < 1.29 is 14.4 Å². The van der Waals surface area contributed by atoms with Crippen molar-refractivity contribution in [2.75, 3.05) is 13.1 Å². The highest BCUT2D eigenvalue weighted by atomic mass is 32.2. The molecule has 1 aliphatic heterocycles. The van der Waals surface area contributed by atoms with E-state index in [1.165, 1.54) is 4.90 Å². The largest absolute Gasteiger partial charge is 0.354 e. The Morgan fingerprint density at radius 3 is 2.56 bits per heavy atom. The highest BCUT2D eigenvalue weighted by Gasteiger charge is 2.34. The van der Waals surface area contributed by atoms with Crippen LogP contribution in [-0.2, 0) is 9.59 Å². The Morgan fingerprint density at radius 2 is 1.92 bits per heavy atom. The van der Waals surface area contributed by atoms with E-state index < -0.39 is 0 Å². The number of nitrogens with zero attached hydrogens (tertiary/aromatic N) is 1. The maximum atomic E-state index is 12.4. The monoisotopic (exact) mass is 360 g/mol. The van der Waals surface area contributed by atoms with Crippen LogP contribution in [0.1, 0.15) is 37.8 Å². The molecule has 3 amide bonds. The summed E-state index contributed by atoms with van der Waals surface area (Å²) in [5.41, 5.74) is 2.02. The first-order valence-corrected chi connectivity index (χ1v) is 9.27. The van der Waals surface area contributed by atoms with Gasteiger partial charge in [0.05, 0.1) is 4.91 Å². The van der Waals surface area contributed by atoms with Crippen molar-refractivity contribution in [3.8, 4) is 0 Å². The van der Waals surface area contributed by atoms with Crippen molar-refractivity contribution >= 4 is 34.9 Å². The lowest BCUT2D eigenvalue weighted by molar-refractivity contribution is -0.124. The molecule has 1 aliphatic rings. The summed E-state index contributed by atoms with van der Waals surface area (Å²) in [4.78, 5) is 37.7. The summed E-state index contributed by atoms with van der Waals surface area (Å²) in [5, 5.41) is 2.47. The number of hydrogen-bond donors (Lipinski definition) is 1. The lowest BCUT2D eigenvalue weighted by atomic mass is 10.1. The van der Waals surface area contributed by atoms with E-state index >= 15 is 0 Å². The molecule has 6 heteroatoms. The van der Waals surface area contributed by atoms with Gasteiger partial charge < -0.3 is 5.32 Å². The summed E-state index contributed by atoms with van der Waals surface area (Å²) < 4.78 is 0. The smallest absolute Gasteiger partial charge is 0.293 e. The molecule has 0 radical (unpaired) electrons. The van der Waals surface area contributed by atoms with E-state index in [0.717, 1.165) is 29.3 Å². The molecule has 1 heterocycles. The maximum absolute atomic E-state index is 12.4. The van der Waals surface area contributed by atoms with Crippen LogP contribution in [0.5, 0.6) is 0 Å². The number of imide groups is 1. The summed E-state index contributed by atoms with van der Waals surface area (Å²) in [7, 11) is 0. The summed E-state index contributed by atoms with van der Waals surface area (Å²) in [6.45, 7) is 6.60. The third kappa shape index (κ3) is 5.74. The van der Waals surface area contributed by atoms with Crippen LogP contribution in [0.15, 0.2) is 29.2 Å². The Morgan fingerprint density at radius 1 is 1.24 bits per heavy atom. The molecule has 5 nitrogen and oxygen atoms in total.